The van der Waals surface area contributed by atoms with Crippen molar-refractivity contribution in [3.63, 3.8) is 0 Å². The monoisotopic (exact) mass is 280 g/mol. The molecule has 19 heavy (non-hydrogen) atoms. The molecular weight excluding hydrogens is 260 g/mol. The van der Waals surface area contributed by atoms with Crippen LogP contribution in [0.1, 0.15) is 43.1 Å². The Labute approximate surface area is 119 Å². The van der Waals surface area contributed by atoms with Crippen LogP contribution in [-0.2, 0) is 4.74 Å². The van der Waals surface area contributed by atoms with E-state index in [2.05, 4.69) is 36.6 Å². The molecule has 4 heteroatoms. The van der Waals surface area contributed by atoms with Crippen LogP contribution in [0.2, 0.25) is 0 Å². The van der Waals surface area contributed by atoms with E-state index in [0.29, 0.717) is 6.04 Å². The van der Waals surface area contributed by atoms with Crippen molar-refractivity contribution in [1.82, 2.24) is 9.55 Å². The molecule has 2 rings (SSSR count). The van der Waals surface area contributed by atoms with Crippen LogP contribution in [0.3, 0.4) is 0 Å². The molecule has 0 aliphatic rings. The molecule has 0 aliphatic heterocycles. The van der Waals surface area contributed by atoms with Crippen LogP contribution in [0, 0.1) is 6.92 Å². The first-order valence-corrected chi connectivity index (χ1v) is 7.10. The standard InChI is InChI=1S/C15H21ClN2O/c1-10-6-5-7-13-14(10)17-15(12(3)16)18(13)11(2)8-9-19-4/h5-7,11-12H,8-9H2,1-4H3. The highest BCUT2D eigenvalue weighted by atomic mass is 35.5. The summed E-state index contributed by atoms with van der Waals surface area (Å²) in [5, 5.41) is -0.100. The number of alkyl halides is 1. The zero-order valence-corrected chi connectivity index (χ0v) is 12.7. The molecule has 0 fully saturated rings. The van der Waals surface area contributed by atoms with E-state index in [1.54, 1.807) is 7.11 Å². The van der Waals surface area contributed by atoms with E-state index in [1.807, 2.05) is 6.92 Å². The molecule has 0 saturated carbocycles. The molecule has 1 aromatic heterocycles. The van der Waals surface area contributed by atoms with Crippen molar-refractivity contribution in [3.8, 4) is 0 Å². The maximum atomic E-state index is 6.30. The van der Waals surface area contributed by atoms with Gasteiger partial charge in [-0.25, -0.2) is 4.98 Å². The van der Waals surface area contributed by atoms with Crippen molar-refractivity contribution in [3.05, 3.63) is 29.6 Å². The third-order valence-electron chi connectivity index (χ3n) is 3.49. The predicted molar refractivity (Wildman–Crippen MR) is 79.9 cm³/mol. The van der Waals surface area contributed by atoms with E-state index in [9.17, 15) is 0 Å². The number of hydrogen-bond donors (Lipinski definition) is 0. The lowest BCUT2D eigenvalue weighted by Gasteiger charge is -2.18. The smallest absolute Gasteiger partial charge is 0.127 e. The molecule has 0 spiro atoms. The van der Waals surface area contributed by atoms with Gasteiger partial charge in [-0.1, -0.05) is 12.1 Å². The molecular formula is C15H21ClN2O. The minimum absolute atomic E-state index is 0.100. The molecule has 2 atom stereocenters. The number of rotatable bonds is 5. The fraction of sp³-hybridized carbons (Fsp3) is 0.533. The number of imidazole rings is 1. The number of hydrogen-bond acceptors (Lipinski definition) is 2. The Kier molecular flexibility index (Phi) is 4.48. The molecule has 0 radical (unpaired) electrons. The third kappa shape index (κ3) is 2.77. The summed E-state index contributed by atoms with van der Waals surface area (Å²) in [5.41, 5.74) is 3.40. The van der Waals surface area contributed by atoms with Gasteiger partial charge in [-0.15, -0.1) is 11.6 Å². The van der Waals surface area contributed by atoms with Crippen molar-refractivity contribution in [2.45, 2.75) is 38.6 Å². The second-order valence-corrected chi connectivity index (χ2v) is 5.68. The number of aromatic nitrogens is 2. The molecule has 0 bridgehead atoms. The van der Waals surface area contributed by atoms with E-state index in [1.165, 1.54) is 5.56 Å². The van der Waals surface area contributed by atoms with Crippen molar-refractivity contribution in [1.29, 1.82) is 0 Å². The summed E-state index contributed by atoms with van der Waals surface area (Å²) < 4.78 is 7.43. The number of aryl methyl sites for hydroxylation is 1. The van der Waals surface area contributed by atoms with Crippen LogP contribution in [0.15, 0.2) is 18.2 Å². The van der Waals surface area contributed by atoms with E-state index in [0.717, 1.165) is 29.9 Å². The Bertz CT molecular complexity index is 563. The van der Waals surface area contributed by atoms with Gasteiger partial charge in [0.25, 0.3) is 0 Å². The van der Waals surface area contributed by atoms with Gasteiger partial charge in [0.15, 0.2) is 0 Å². The number of halogens is 1. The molecule has 0 aliphatic carbocycles. The molecule has 2 aromatic rings. The lowest BCUT2D eigenvalue weighted by atomic mass is 10.2. The molecule has 2 unspecified atom stereocenters. The van der Waals surface area contributed by atoms with Crippen molar-refractivity contribution in [2.24, 2.45) is 0 Å². The van der Waals surface area contributed by atoms with Crippen molar-refractivity contribution >= 4 is 22.6 Å². The second kappa shape index (κ2) is 5.93. The maximum Gasteiger partial charge on any atom is 0.127 e. The molecule has 3 nitrogen and oxygen atoms in total. The number of nitrogens with zero attached hydrogens (tertiary/aromatic N) is 2. The number of para-hydroxylation sites is 1. The van der Waals surface area contributed by atoms with E-state index >= 15 is 0 Å². The summed E-state index contributed by atoms with van der Waals surface area (Å²) in [7, 11) is 1.73. The third-order valence-corrected chi connectivity index (χ3v) is 3.68. The van der Waals surface area contributed by atoms with Crippen molar-refractivity contribution in [2.75, 3.05) is 13.7 Å². The first kappa shape index (κ1) is 14.4. The Morgan fingerprint density at radius 1 is 1.37 bits per heavy atom. The van der Waals surface area contributed by atoms with Gasteiger partial charge in [0.05, 0.1) is 16.4 Å². The van der Waals surface area contributed by atoms with Gasteiger partial charge in [0.2, 0.25) is 0 Å². The SMILES string of the molecule is COCCC(C)n1c(C(C)Cl)nc2c(C)cccc21. The minimum atomic E-state index is -0.100. The first-order chi connectivity index (χ1) is 9.06. The average molecular weight is 281 g/mol. The summed E-state index contributed by atoms with van der Waals surface area (Å²) in [6.07, 6.45) is 0.951. The normalized spacial score (nSPS) is 14.8. The summed E-state index contributed by atoms with van der Waals surface area (Å²) in [4.78, 5) is 4.73. The fourth-order valence-electron chi connectivity index (χ4n) is 2.44. The van der Waals surface area contributed by atoms with Gasteiger partial charge in [-0.3, -0.25) is 0 Å². The maximum absolute atomic E-state index is 6.30. The quantitative estimate of drug-likeness (QED) is 0.766. The van der Waals surface area contributed by atoms with Crippen LogP contribution >= 0.6 is 11.6 Å². The fourth-order valence-corrected chi connectivity index (χ4v) is 2.59. The summed E-state index contributed by atoms with van der Waals surface area (Å²) in [5.74, 6) is 0.939. The molecule has 1 aromatic carbocycles. The van der Waals surface area contributed by atoms with Crippen LogP contribution < -0.4 is 0 Å². The van der Waals surface area contributed by atoms with E-state index < -0.39 is 0 Å². The van der Waals surface area contributed by atoms with Gasteiger partial charge in [-0.05, 0) is 38.8 Å². The number of methoxy groups -OCH3 is 1. The number of ether oxygens (including phenoxy) is 1. The largest absolute Gasteiger partial charge is 0.385 e. The Morgan fingerprint density at radius 3 is 2.74 bits per heavy atom. The molecule has 0 saturated heterocycles. The van der Waals surface area contributed by atoms with Crippen LogP contribution in [0.25, 0.3) is 11.0 Å². The Hall–Kier alpha value is -1.06. The van der Waals surface area contributed by atoms with Crippen molar-refractivity contribution < 1.29 is 4.74 Å². The van der Waals surface area contributed by atoms with Crippen LogP contribution in [-0.4, -0.2) is 23.3 Å². The van der Waals surface area contributed by atoms with Gasteiger partial charge in [0, 0.05) is 19.8 Å². The molecule has 104 valence electrons. The average Bonchev–Trinajstić information content (AvgIpc) is 2.77. The Balaban J connectivity index is 2.55. The highest BCUT2D eigenvalue weighted by Crippen LogP contribution is 2.30. The minimum Gasteiger partial charge on any atom is -0.385 e. The molecule has 1 heterocycles. The lowest BCUT2D eigenvalue weighted by Crippen LogP contribution is -2.11. The highest BCUT2D eigenvalue weighted by molar-refractivity contribution is 6.20. The number of benzene rings is 1. The summed E-state index contributed by atoms with van der Waals surface area (Å²) >= 11 is 6.30. The zero-order chi connectivity index (χ0) is 14.0. The van der Waals surface area contributed by atoms with Gasteiger partial charge < -0.3 is 9.30 Å². The topological polar surface area (TPSA) is 27.1 Å². The van der Waals surface area contributed by atoms with Gasteiger partial charge >= 0.3 is 0 Å². The summed E-state index contributed by atoms with van der Waals surface area (Å²) in [6, 6.07) is 6.59. The van der Waals surface area contributed by atoms with Crippen LogP contribution in [0.5, 0.6) is 0 Å². The van der Waals surface area contributed by atoms with E-state index in [-0.39, 0.29) is 5.38 Å². The Morgan fingerprint density at radius 2 is 2.11 bits per heavy atom. The second-order valence-electron chi connectivity index (χ2n) is 5.03. The van der Waals surface area contributed by atoms with Gasteiger partial charge in [-0.2, -0.15) is 0 Å². The zero-order valence-electron chi connectivity index (χ0n) is 12.0. The lowest BCUT2D eigenvalue weighted by molar-refractivity contribution is 0.181. The summed E-state index contributed by atoms with van der Waals surface area (Å²) in [6.45, 7) is 6.98. The predicted octanol–water partition coefficient (Wildman–Crippen LogP) is 4.24. The van der Waals surface area contributed by atoms with Crippen LogP contribution in [0.4, 0.5) is 0 Å². The first-order valence-electron chi connectivity index (χ1n) is 6.66. The molecule has 0 amide bonds. The highest BCUT2D eigenvalue weighted by Gasteiger charge is 2.19. The number of fused-ring (bicyclic) bond motifs is 1. The van der Waals surface area contributed by atoms with Gasteiger partial charge in [0.1, 0.15) is 5.82 Å². The molecule has 0 N–H and O–H groups in total. The van der Waals surface area contributed by atoms with E-state index in [4.69, 9.17) is 21.3 Å².